The fourth-order valence-electron chi connectivity index (χ4n) is 1.56. The number of carbonyl (C=O) groups excluding carboxylic acids is 1. The Morgan fingerprint density at radius 1 is 1.53 bits per heavy atom. The highest BCUT2D eigenvalue weighted by atomic mass is 32.2. The van der Waals surface area contributed by atoms with Crippen LogP contribution in [0.25, 0.3) is 0 Å². The fourth-order valence-corrected chi connectivity index (χ4v) is 2.68. The van der Waals surface area contributed by atoms with Crippen molar-refractivity contribution in [2.75, 3.05) is 12.3 Å². The molecule has 0 bridgehead atoms. The lowest BCUT2D eigenvalue weighted by Crippen LogP contribution is -2.53. The maximum absolute atomic E-state index is 11.6. The number of nitrogens with two attached hydrogens (primary N) is 1. The van der Waals surface area contributed by atoms with Crippen LogP contribution in [0.15, 0.2) is 5.16 Å². The molecule has 1 rings (SSSR count). The number of aryl methyl sites for hydroxylation is 1. The molecule has 1 amide bonds. The van der Waals surface area contributed by atoms with Gasteiger partial charge in [-0.1, -0.05) is 18.7 Å². The van der Waals surface area contributed by atoms with Gasteiger partial charge in [-0.25, -0.2) is 0 Å². The molecule has 0 saturated heterocycles. The van der Waals surface area contributed by atoms with Gasteiger partial charge in [0.2, 0.25) is 5.91 Å². The number of hydrogen-bond acceptors (Lipinski definition) is 5. The normalized spacial score (nSPS) is 14.3. The highest BCUT2D eigenvalue weighted by molar-refractivity contribution is 7.99. The number of primary amides is 1. The van der Waals surface area contributed by atoms with Gasteiger partial charge in [0.15, 0.2) is 5.16 Å². The molecule has 1 aromatic rings. The Kier molecular flexibility index (Phi) is 5.81. The van der Waals surface area contributed by atoms with E-state index in [0.29, 0.717) is 6.42 Å². The van der Waals surface area contributed by atoms with E-state index in [2.05, 4.69) is 22.4 Å². The van der Waals surface area contributed by atoms with Crippen LogP contribution >= 0.6 is 11.8 Å². The van der Waals surface area contributed by atoms with Gasteiger partial charge >= 0.3 is 0 Å². The number of hydrogen-bond donors (Lipinski definition) is 2. The molecule has 1 aromatic heterocycles. The van der Waals surface area contributed by atoms with E-state index < -0.39 is 5.54 Å². The van der Waals surface area contributed by atoms with Gasteiger partial charge < -0.3 is 15.6 Å². The van der Waals surface area contributed by atoms with Crippen LogP contribution in [0.4, 0.5) is 0 Å². The summed E-state index contributed by atoms with van der Waals surface area (Å²) in [5, 5.41) is 12.2. The predicted octanol–water partition coefficient (Wildman–Crippen LogP) is 0.849. The van der Waals surface area contributed by atoms with Crippen molar-refractivity contribution in [1.82, 2.24) is 20.1 Å². The molecule has 3 N–H and O–H groups in total. The minimum absolute atomic E-state index is 0.310. The minimum atomic E-state index is -0.656. The van der Waals surface area contributed by atoms with E-state index in [1.54, 1.807) is 11.8 Å². The molecule has 6 nitrogen and oxygen atoms in total. The molecule has 19 heavy (non-hydrogen) atoms. The maximum Gasteiger partial charge on any atom is 0.237 e. The monoisotopic (exact) mass is 285 g/mol. The van der Waals surface area contributed by atoms with Gasteiger partial charge in [0.1, 0.15) is 5.82 Å². The molecule has 0 saturated carbocycles. The van der Waals surface area contributed by atoms with Gasteiger partial charge in [-0.3, -0.25) is 4.79 Å². The maximum atomic E-state index is 11.6. The lowest BCUT2D eigenvalue weighted by atomic mass is 9.98. The minimum Gasteiger partial charge on any atom is -0.368 e. The third-order valence-electron chi connectivity index (χ3n) is 3.19. The van der Waals surface area contributed by atoms with Gasteiger partial charge in [0.05, 0.1) is 5.54 Å². The second-order valence-electron chi connectivity index (χ2n) is 4.81. The van der Waals surface area contributed by atoms with Gasteiger partial charge in [-0.05, 0) is 33.2 Å². The summed E-state index contributed by atoms with van der Waals surface area (Å²) in [5.74, 6) is 1.34. The Morgan fingerprint density at radius 2 is 2.21 bits per heavy atom. The van der Waals surface area contributed by atoms with Crippen molar-refractivity contribution in [3.8, 4) is 0 Å². The second kappa shape index (κ2) is 6.91. The summed E-state index contributed by atoms with van der Waals surface area (Å²) in [6.45, 7) is 6.61. The van der Waals surface area contributed by atoms with Crippen molar-refractivity contribution in [3.05, 3.63) is 5.82 Å². The molecule has 0 aliphatic carbocycles. The molecule has 0 fully saturated rings. The molecule has 7 heteroatoms. The van der Waals surface area contributed by atoms with Crippen molar-refractivity contribution < 1.29 is 4.79 Å². The molecular weight excluding hydrogens is 262 g/mol. The van der Waals surface area contributed by atoms with E-state index in [0.717, 1.165) is 29.7 Å². The summed E-state index contributed by atoms with van der Waals surface area (Å²) >= 11 is 1.59. The molecule has 0 aliphatic rings. The summed E-state index contributed by atoms with van der Waals surface area (Å²) in [6.07, 6.45) is 1.64. The van der Waals surface area contributed by atoms with Crippen LogP contribution in [0.2, 0.25) is 0 Å². The smallest absolute Gasteiger partial charge is 0.237 e. The average molecular weight is 285 g/mol. The van der Waals surface area contributed by atoms with Gasteiger partial charge in [0, 0.05) is 12.8 Å². The predicted molar refractivity (Wildman–Crippen MR) is 77.0 cm³/mol. The first-order valence-corrected chi connectivity index (χ1v) is 7.43. The first-order chi connectivity index (χ1) is 8.90. The number of rotatable bonds is 8. The second-order valence-corrected chi connectivity index (χ2v) is 5.87. The summed E-state index contributed by atoms with van der Waals surface area (Å²) in [5.41, 5.74) is 4.83. The van der Waals surface area contributed by atoms with Crippen LogP contribution in [0.3, 0.4) is 0 Å². The Balaban J connectivity index is 2.53. The number of nitrogens with one attached hydrogen (secondary N) is 1. The summed E-state index contributed by atoms with van der Waals surface area (Å²) in [4.78, 5) is 11.6. The highest BCUT2D eigenvalue weighted by Gasteiger charge is 2.29. The van der Waals surface area contributed by atoms with Crippen LogP contribution in [-0.4, -0.2) is 38.5 Å². The summed E-state index contributed by atoms with van der Waals surface area (Å²) < 4.78 is 1.94. The number of thioether (sulfide) groups is 1. The zero-order valence-corrected chi connectivity index (χ0v) is 12.9. The van der Waals surface area contributed by atoms with Crippen molar-refractivity contribution in [2.24, 2.45) is 12.8 Å². The summed E-state index contributed by atoms with van der Waals surface area (Å²) in [6, 6.07) is 0. The number of nitrogens with zero attached hydrogens (tertiary/aromatic N) is 3. The van der Waals surface area contributed by atoms with Crippen LogP contribution in [0.1, 0.15) is 32.5 Å². The molecular formula is C12H23N5OS. The standard InChI is InChI=1S/C12H23N5OS/c1-5-7-14-12(3,10(13)18)6-8-19-11-16-15-9(2)17(11)4/h14H,5-8H2,1-4H3,(H2,13,18). The molecule has 1 unspecified atom stereocenters. The van der Waals surface area contributed by atoms with Crippen molar-refractivity contribution in [1.29, 1.82) is 0 Å². The Labute approximate surface area is 118 Å². The third-order valence-corrected chi connectivity index (χ3v) is 4.22. The average Bonchev–Trinajstić information content (AvgIpc) is 2.68. The third kappa shape index (κ3) is 4.21. The highest BCUT2D eigenvalue weighted by Crippen LogP contribution is 2.20. The van der Waals surface area contributed by atoms with E-state index in [1.807, 2.05) is 25.5 Å². The largest absolute Gasteiger partial charge is 0.368 e. The number of amides is 1. The Bertz CT molecular complexity index is 434. The lowest BCUT2D eigenvalue weighted by molar-refractivity contribution is -0.123. The SMILES string of the molecule is CCCNC(C)(CCSc1nnc(C)n1C)C(N)=O. The van der Waals surface area contributed by atoms with Crippen molar-refractivity contribution in [3.63, 3.8) is 0 Å². The van der Waals surface area contributed by atoms with Crippen LogP contribution < -0.4 is 11.1 Å². The van der Waals surface area contributed by atoms with E-state index in [-0.39, 0.29) is 5.91 Å². The zero-order valence-electron chi connectivity index (χ0n) is 12.1. The van der Waals surface area contributed by atoms with Crippen molar-refractivity contribution in [2.45, 2.75) is 44.3 Å². The van der Waals surface area contributed by atoms with Gasteiger partial charge in [-0.2, -0.15) is 0 Å². The quantitative estimate of drug-likeness (QED) is 0.692. The molecule has 0 spiro atoms. The first-order valence-electron chi connectivity index (χ1n) is 6.44. The topological polar surface area (TPSA) is 85.8 Å². The van der Waals surface area contributed by atoms with Crippen LogP contribution in [0.5, 0.6) is 0 Å². The zero-order chi connectivity index (χ0) is 14.5. The van der Waals surface area contributed by atoms with Crippen LogP contribution in [0, 0.1) is 6.92 Å². The van der Waals surface area contributed by atoms with E-state index in [1.165, 1.54) is 0 Å². The number of aromatic nitrogens is 3. The Hall–Kier alpha value is -1.08. The van der Waals surface area contributed by atoms with Crippen molar-refractivity contribution >= 4 is 17.7 Å². The van der Waals surface area contributed by atoms with Gasteiger partial charge in [-0.15, -0.1) is 10.2 Å². The first kappa shape index (κ1) is 16.0. The molecule has 0 aromatic carbocycles. The van der Waals surface area contributed by atoms with Gasteiger partial charge in [0.25, 0.3) is 0 Å². The van der Waals surface area contributed by atoms with E-state index in [9.17, 15) is 4.79 Å². The number of carbonyl (C=O) groups is 1. The van der Waals surface area contributed by atoms with E-state index >= 15 is 0 Å². The molecule has 108 valence electrons. The van der Waals surface area contributed by atoms with Crippen LogP contribution in [-0.2, 0) is 11.8 Å². The molecule has 0 aliphatic heterocycles. The fraction of sp³-hybridized carbons (Fsp3) is 0.750. The lowest BCUT2D eigenvalue weighted by Gasteiger charge is -2.27. The molecule has 1 heterocycles. The summed E-state index contributed by atoms with van der Waals surface area (Å²) in [7, 11) is 1.93. The molecule has 0 radical (unpaired) electrons. The Morgan fingerprint density at radius 3 is 2.68 bits per heavy atom. The molecule has 1 atom stereocenters. The van der Waals surface area contributed by atoms with E-state index in [4.69, 9.17) is 5.73 Å².